The zero-order valence-corrected chi connectivity index (χ0v) is 16.1. The molecule has 0 bridgehead atoms. The molecule has 1 aliphatic heterocycles. The first kappa shape index (κ1) is 19.2. The quantitative estimate of drug-likeness (QED) is 0.847. The van der Waals surface area contributed by atoms with Gasteiger partial charge in [-0.2, -0.15) is 0 Å². The Kier molecular flexibility index (Phi) is 5.98. The van der Waals surface area contributed by atoms with E-state index in [1.165, 1.54) is 6.42 Å². The summed E-state index contributed by atoms with van der Waals surface area (Å²) in [6, 6.07) is 7.62. The first-order valence-corrected chi connectivity index (χ1v) is 9.55. The van der Waals surface area contributed by atoms with Gasteiger partial charge in [-0.1, -0.05) is 11.8 Å². The fraction of sp³-hybridized carbons (Fsp3) is 0.455. The van der Waals surface area contributed by atoms with Crippen molar-refractivity contribution < 1.29 is 9.90 Å². The van der Waals surface area contributed by atoms with Crippen LogP contribution in [-0.2, 0) is 6.54 Å². The second-order valence-corrected chi connectivity index (χ2v) is 7.62. The van der Waals surface area contributed by atoms with E-state index in [-0.39, 0.29) is 11.9 Å². The summed E-state index contributed by atoms with van der Waals surface area (Å²) in [5.41, 5.74) is 0.465. The molecule has 1 unspecified atom stereocenters. The molecule has 1 fully saturated rings. The molecule has 1 N–H and O–H groups in total. The Morgan fingerprint density at radius 3 is 2.74 bits per heavy atom. The third-order valence-electron chi connectivity index (χ3n) is 4.81. The summed E-state index contributed by atoms with van der Waals surface area (Å²) in [6.07, 6.45) is 9.79. The Balaban J connectivity index is 1.67. The molecule has 2 aromatic rings. The average molecular weight is 365 g/mol. The number of carbonyl (C=O) groups is 1. The monoisotopic (exact) mass is 365 g/mol. The smallest absolute Gasteiger partial charge is 0.254 e. The number of piperidine rings is 1. The van der Waals surface area contributed by atoms with Crippen LogP contribution in [0.2, 0.25) is 0 Å². The standard InChI is InChI=1S/C22H27N3O2/c1-22(2,27)12-10-18-6-8-19(9-7-18)21(26)25-14-4-3-5-20(25)11-15-24-16-13-23-17-24/h6-9,13,16-17,20,27H,3-5,11,14-15H2,1-2H3. The van der Waals surface area contributed by atoms with Gasteiger partial charge in [0.05, 0.1) is 6.33 Å². The van der Waals surface area contributed by atoms with Gasteiger partial charge in [0.15, 0.2) is 0 Å². The fourth-order valence-electron chi connectivity index (χ4n) is 3.37. The van der Waals surface area contributed by atoms with E-state index < -0.39 is 5.60 Å². The first-order chi connectivity index (χ1) is 12.9. The van der Waals surface area contributed by atoms with Crippen molar-refractivity contribution in [2.75, 3.05) is 6.54 Å². The molecule has 3 rings (SSSR count). The van der Waals surface area contributed by atoms with Gasteiger partial charge in [0.1, 0.15) is 5.60 Å². The molecular formula is C22H27N3O2. The van der Waals surface area contributed by atoms with Crippen molar-refractivity contribution in [1.82, 2.24) is 14.5 Å². The molecule has 0 aliphatic carbocycles. The highest BCUT2D eigenvalue weighted by atomic mass is 16.3. The predicted molar refractivity (Wildman–Crippen MR) is 105 cm³/mol. The van der Waals surface area contributed by atoms with E-state index in [0.29, 0.717) is 5.56 Å². The van der Waals surface area contributed by atoms with Gasteiger partial charge in [0.25, 0.3) is 5.91 Å². The van der Waals surface area contributed by atoms with E-state index in [9.17, 15) is 9.90 Å². The molecule has 1 aromatic heterocycles. The number of rotatable bonds is 4. The van der Waals surface area contributed by atoms with Crippen LogP contribution in [0.1, 0.15) is 55.5 Å². The van der Waals surface area contributed by atoms with Gasteiger partial charge in [-0.15, -0.1) is 0 Å². The van der Waals surface area contributed by atoms with Gasteiger partial charge in [-0.25, -0.2) is 4.98 Å². The van der Waals surface area contributed by atoms with E-state index in [0.717, 1.165) is 37.9 Å². The lowest BCUT2D eigenvalue weighted by atomic mass is 9.98. The summed E-state index contributed by atoms with van der Waals surface area (Å²) in [4.78, 5) is 19.1. The number of hydrogen-bond acceptors (Lipinski definition) is 3. The fourth-order valence-corrected chi connectivity index (χ4v) is 3.37. The van der Waals surface area contributed by atoms with Crippen molar-refractivity contribution in [3.05, 3.63) is 54.1 Å². The molecule has 142 valence electrons. The van der Waals surface area contributed by atoms with E-state index in [2.05, 4.69) is 21.4 Å². The van der Waals surface area contributed by atoms with Gasteiger partial charge in [0, 0.05) is 42.7 Å². The van der Waals surface area contributed by atoms with Crippen molar-refractivity contribution in [2.24, 2.45) is 0 Å². The van der Waals surface area contributed by atoms with Crippen LogP contribution in [0.3, 0.4) is 0 Å². The van der Waals surface area contributed by atoms with Gasteiger partial charge in [0.2, 0.25) is 0 Å². The number of benzene rings is 1. The molecular weight excluding hydrogens is 338 g/mol. The number of aryl methyl sites for hydroxylation is 1. The summed E-state index contributed by atoms with van der Waals surface area (Å²) in [7, 11) is 0. The number of aliphatic hydroxyl groups is 1. The molecule has 2 heterocycles. The van der Waals surface area contributed by atoms with Crippen molar-refractivity contribution >= 4 is 5.91 Å². The number of nitrogens with zero attached hydrogens (tertiary/aromatic N) is 3. The molecule has 1 aromatic carbocycles. The molecule has 5 heteroatoms. The highest BCUT2D eigenvalue weighted by Crippen LogP contribution is 2.23. The zero-order valence-electron chi connectivity index (χ0n) is 16.1. The normalized spacial score (nSPS) is 17.3. The molecule has 1 atom stereocenters. The van der Waals surface area contributed by atoms with Crippen LogP contribution in [0.15, 0.2) is 43.0 Å². The maximum absolute atomic E-state index is 13.0. The number of aromatic nitrogens is 2. The predicted octanol–water partition coefficient (Wildman–Crippen LogP) is 3.09. The second-order valence-electron chi connectivity index (χ2n) is 7.62. The van der Waals surface area contributed by atoms with Crippen LogP contribution in [0.5, 0.6) is 0 Å². The van der Waals surface area contributed by atoms with Crippen LogP contribution < -0.4 is 0 Å². The largest absolute Gasteiger partial charge is 0.378 e. The van der Waals surface area contributed by atoms with Gasteiger partial charge in [-0.3, -0.25) is 4.79 Å². The van der Waals surface area contributed by atoms with Crippen LogP contribution >= 0.6 is 0 Å². The van der Waals surface area contributed by atoms with E-state index in [1.54, 1.807) is 20.0 Å². The van der Waals surface area contributed by atoms with Crippen molar-refractivity contribution in [1.29, 1.82) is 0 Å². The van der Waals surface area contributed by atoms with Crippen LogP contribution in [0.4, 0.5) is 0 Å². The molecule has 0 radical (unpaired) electrons. The summed E-state index contributed by atoms with van der Waals surface area (Å²) < 4.78 is 2.06. The number of hydrogen-bond donors (Lipinski definition) is 1. The van der Waals surface area contributed by atoms with Gasteiger partial charge >= 0.3 is 0 Å². The second kappa shape index (κ2) is 8.41. The number of amides is 1. The Morgan fingerprint density at radius 2 is 2.07 bits per heavy atom. The third kappa shape index (κ3) is 5.45. The lowest BCUT2D eigenvalue weighted by Crippen LogP contribution is -2.44. The molecule has 0 spiro atoms. The van der Waals surface area contributed by atoms with Crippen molar-refractivity contribution in [3.63, 3.8) is 0 Å². The highest BCUT2D eigenvalue weighted by Gasteiger charge is 2.27. The Morgan fingerprint density at radius 1 is 1.30 bits per heavy atom. The zero-order chi connectivity index (χ0) is 19.3. The summed E-state index contributed by atoms with van der Waals surface area (Å²) in [5.74, 6) is 5.82. The third-order valence-corrected chi connectivity index (χ3v) is 4.81. The van der Waals surface area contributed by atoms with Crippen molar-refractivity contribution in [3.8, 4) is 11.8 Å². The number of imidazole rings is 1. The molecule has 1 amide bonds. The summed E-state index contributed by atoms with van der Waals surface area (Å²) >= 11 is 0. The minimum absolute atomic E-state index is 0.0901. The SMILES string of the molecule is CC(C)(O)C#Cc1ccc(C(=O)N2CCCCC2CCn2ccnc2)cc1. The van der Waals surface area contributed by atoms with Gasteiger partial charge < -0.3 is 14.6 Å². The van der Waals surface area contributed by atoms with Crippen molar-refractivity contribution in [2.45, 2.75) is 57.7 Å². The Labute approximate surface area is 161 Å². The highest BCUT2D eigenvalue weighted by molar-refractivity contribution is 5.94. The van der Waals surface area contributed by atoms with Gasteiger partial charge in [-0.05, 0) is 63.8 Å². The number of carbonyl (C=O) groups excluding carboxylic acids is 1. The molecule has 27 heavy (non-hydrogen) atoms. The lowest BCUT2D eigenvalue weighted by Gasteiger charge is -2.36. The number of likely N-dealkylation sites (tertiary alicyclic amines) is 1. The maximum Gasteiger partial charge on any atom is 0.254 e. The topological polar surface area (TPSA) is 58.4 Å². The maximum atomic E-state index is 13.0. The van der Waals surface area contributed by atoms with E-state index in [1.807, 2.05) is 41.7 Å². The Hall–Kier alpha value is -2.58. The summed E-state index contributed by atoms with van der Waals surface area (Å²) in [5, 5.41) is 9.70. The molecule has 0 saturated carbocycles. The summed E-state index contributed by atoms with van der Waals surface area (Å²) in [6.45, 7) is 4.99. The molecule has 5 nitrogen and oxygen atoms in total. The Bertz CT molecular complexity index is 808. The average Bonchev–Trinajstić information content (AvgIpc) is 3.18. The lowest BCUT2D eigenvalue weighted by molar-refractivity contribution is 0.0595. The molecule has 1 saturated heterocycles. The van der Waals surface area contributed by atoms with E-state index >= 15 is 0 Å². The minimum Gasteiger partial charge on any atom is -0.378 e. The van der Waals surface area contributed by atoms with Crippen LogP contribution in [0.25, 0.3) is 0 Å². The first-order valence-electron chi connectivity index (χ1n) is 9.55. The van der Waals surface area contributed by atoms with Crippen LogP contribution in [0, 0.1) is 11.8 Å². The molecule has 1 aliphatic rings. The minimum atomic E-state index is -1.02. The van der Waals surface area contributed by atoms with Crippen LogP contribution in [-0.4, -0.2) is 43.7 Å². The van der Waals surface area contributed by atoms with E-state index in [4.69, 9.17) is 0 Å².